The molecular formula is C28H42O6. The van der Waals surface area contributed by atoms with Crippen molar-refractivity contribution in [2.24, 2.45) is 29.6 Å². The van der Waals surface area contributed by atoms with Gasteiger partial charge in [0, 0.05) is 5.92 Å². The maximum atomic E-state index is 12.5. The minimum Gasteiger partial charge on any atom is -0.467 e. The molecule has 0 aromatic rings. The van der Waals surface area contributed by atoms with Gasteiger partial charge in [-0.2, -0.15) is 0 Å². The summed E-state index contributed by atoms with van der Waals surface area (Å²) in [5.41, 5.74) is 1.38. The molecule has 0 amide bonds. The van der Waals surface area contributed by atoms with Crippen molar-refractivity contribution in [3.8, 4) is 0 Å². The molecule has 4 rings (SSSR count). The second kappa shape index (κ2) is 11.9. The van der Waals surface area contributed by atoms with Gasteiger partial charge in [0.05, 0.1) is 25.2 Å². The van der Waals surface area contributed by atoms with Crippen molar-refractivity contribution in [2.75, 3.05) is 13.7 Å². The molecule has 3 saturated carbocycles. The van der Waals surface area contributed by atoms with Gasteiger partial charge in [0.25, 0.3) is 0 Å². The first-order chi connectivity index (χ1) is 16.5. The van der Waals surface area contributed by atoms with Crippen LogP contribution < -0.4 is 0 Å². The van der Waals surface area contributed by atoms with E-state index in [1.165, 1.54) is 12.7 Å². The summed E-state index contributed by atoms with van der Waals surface area (Å²) in [6, 6.07) is 0. The molecule has 0 bridgehead atoms. The Morgan fingerprint density at radius 1 is 1.18 bits per heavy atom. The maximum absolute atomic E-state index is 12.5. The Balaban J connectivity index is 1.41. The monoisotopic (exact) mass is 474 g/mol. The number of carbonyl (C=O) groups excluding carboxylic acids is 2. The number of carbonyl (C=O) groups is 2. The van der Waals surface area contributed by atoms with Crippen LogP contribution in [0.1, 0.15) is 77.6 Å². The molecule has 0 aromatic heterocycles. The van der Waals surface area contributed by atoms with Crippen molar-refractivity contribution < 1.29 is 28.9 Å². The summed E-state index contributed by atoms with van der Waals surface area (Å²) in [4.78, 5) is 24.1. The SMILES string of the molecule is CCCCC[C@@H](O)CC[C@@H]1[C@H]2CC3=CC=CC(OCC(=O)OC)C3C[C@H]2C[C@H]1OC(=O)C1CC1. The van der Waals surface area contributed by atoms with E-state index in [0.29, 0.717) is 17.8 Å². The van der Waals surface area contributed by atoms with Crippen LogP contribution in [-0.2, 0) is 23.8 Å². The molecule has 190 valence electrons. The summed E-state index contributed by atoms with van der Waals surface area (Å²) in [5.74, 6) is 1.23. The summed E-state index contributed by atoms with van der Waals surface area (Å²) in [7, 11) is 1.38. The number of hydrogen-bond acceptors (Lipinski definition) is 6. The van der Waals surface area contributed by atoms with Crippen LogP contribution in [0.5, 0.6) is 0 Å². The number of methoxy groups -OCH3 is 1. The van der Waals surface area contributed by atoms with Crippen LogP contribution in [0.2, 0.25) is 0 Å². The number of esters is 2. The lowest BCUT2D eigenvalue weighted by Crippen LogP contribution is -2.36. The first kappa shape index (κ1) is 25.4. The quantitative estimate of drug-likeness (QED) is 0.325. The third-order valence-electron chi connectivity index (χ3n) is 8.45. The lowest BCUT2D eigenvalue weighted by Gasteiger charge is -2.40. The molecule has 2 unspecified atom stereocenters. The van der Waals surface area contributed by atoms with E-state index >= 15 is 0 Å². The standard InChI is InChI=1S/C28H42O6/c1-3-4-5-8-21(29)12-13-22-23-14-19-7-6-9-25(33-17-27(30)32-2)24(19)15-20(23)16-26(22)34-28(31)18-10-11-18/h6-7,9,18,20-26,29H,3-5,8,10-17H2,1-2H3/t20-,21+,22+,23-,24?,25?,26+/m0/s1. The van der Waals surface area contributed by atoms with Gasteiger partial charge in [-0.1, -0.05) is 50.0 Å². The van der Waals surface area contributed by atoms with Crippen LogP contribution in [0.25, 0.3) is 0 Å². The number of rotatable bonds is 12. The third kappa shape index (κ3) is 6.31. The fourth-order valence-corrected chi connectivity index (χ4v) is 6.38. The molecule has 0 heterocycles. The highest BCUT2D eigenvalue weighted by Crippen LogP contribution is 2.54. The minimum absolute atomic E-state index is 0.0188. The van der Waals surface area contributed by atoms with E-state index in [1.54, 1.807) is 0 Å². The van der Waals surface area contributed by atoms with Gasteiger partial charge in [0.2, 0.25) is 0 Å². The fourth-order valence-electron chi connectivity index (χ4n) is 6.38. The van der Waals surface area contributed by atoms with Crippen LogP contribution in [-0.4, -0.2) is 49.1 Å². The average Bonchev–Trinajstić information content (AvgIpc) is 3.63. The second-order valence-electron chi connectivity index (χ2n) is 10.8. The first-order valence-electron chi connectivity index (χ1n) is 13.4. The van der Waals surface area contributed by atoms with E-state index in [2.05, 4.69) is 13.0 Å². The number of unbranched alkanes of at least 4 members (excludes halogenated alkanes) is 2. The Kier molecular flexibility index (Phi) is 8.86. The van der Waals surface area contributed by atoms with Crippen LogP contribution in [0.15, 0.2) is 23.8 Å². The minimum atomic E-state index is -0.358. The molecule has 0 radical (unpaired) electrons. The molecule has 6 nitrogen and oxygen atoms in total. The Hall–Kier alpha value is -1.66. The van der Waals surface area contributed by atoms with Crippen LogP contribution in [0.4, 0.5) is 0 Å². The fraction of sp³-hybridized carbons (Fsp3) is 0.786. The molecule has 7 atom stereocenters. The zero-order chi connectivity index (χ0) is 24.1. The summed E-state index contributed by atoms with van der Waals surface area (Å²) >= 11 is 0. The third-order valence-corrected chi connectivity index (χ3v) is 8.45. The van der Waals surface area contributed by atoms with E-state index in [0.717, 1.165) is 70.6 Å². The lowest BCUT2D eigenvalue weighted by molar-refractivity contribution is -0.153. The highest BCUT2D eigenvalue weighted by Gasteiger charge is 2.50. The van der Waals surface area contributed by atoms with E-state index in [1.807, 2.05) is 12.2 Å². The van der Waals surface area contributed by atoms with Crippen LogP contribution in [0, 0.1) is 29.6 Å². The summed E-state index contributed by atoms with van der Waals surface area (Å²) in [5, 5.41) is 10.6. The maximum Gasteiger partial charge on any atom is 0.331 e. The smallest absolute Gasteiger partial charge is 0.331 e. The van der Waals surface area contributed by atoms with Gasteiger partial charge in [-0.25, -0.2) is 4.79 Å². The largest absolute Gasteiger partial charge is 0.467 e. The first-order valence-corrected chi connectivity index (χ1v) is 13.4. The lowest BCUT2D eigenvalue weighted by atomic mass is 9.67. The summed E-state index contributed by atoms with van der Waals surface area (Å²) < 4.78 is 16.8. The van der Waals surface area contributed by atoms with Gasteiger partial charge in [-0.15, -0.1) is 0 Å². The Morgan fingerprint density at radius 2 is 2.00 bits per heavy atom. The molecule has 0 saturated heterocycles. The normalized spacial score (nSPS) is 33.0. The number of aliphatic hydroxyl groups is 1. The molecule has 0 spiro atoms. The molecule has 34 heavy (non-hydrogen) atoms. The molecule has 3 fully saturated rings. The van der Waals surface area contributed by atoms with Gasteiger partial charge in [-0.05, 0) is 69.1 Å². The average molecular weight is 475 g/mol. The molecule has 4 aliphatic carbocycles. The zero-order valence-electron chi connectivity index (χ0n) is 20.8. The molecule has 1 N–H and O–H groups in total. The van der Waals surface area contributed by atoms with Gasteiger partial charge in [0.1, 0.15) is 12.7 Å². The number of fused-ring (bicyclic) bond motifs is 2. The Bertz CT molecular complexity index is 769. The van der Waals surface area contributed by atoms with Gasteiger partial charge < -0.3 is 19.3 Å². The van der Waals surface area contributed by atoms with Gasteiger partial charge in [-0.3, -0.25) is 4.79 Å². The van der Waals surface area contributed by atoms with Crippen LogP contribution in [0.3, 0.4) is 0 Å². The second-order valence-corrected chi connectivity index (χ2v) is 10.8. The van der Waals surface area contributed by atoms with Gasteiger partial charge in [0.15, 0.2) is 0 Å². The Morgan fingerprint density at radius 3 is 2.74 bits per heavy atom. The predicted octanol–water partition coefficient (Wildman–Crippen LogP) is 4.75. The highest BCUT2D eigenvalue weighted by atomic mass is 16.6. The molecule has 6 heteroatoms. The molecule has 0 aromatic carbocycles. The van der Waals surface area contributed by atoms with Crippen molar-refractivity contribution in [3.05, 3.63) is 23.8 Å². The number of aliphatic hydroxyl groups excluding tert-OH is 1. The van der Waals surface area contributed by atoms with Crippen molar-refractivity contribution >= 4 is 11.9 Å². The number of ether oxygens (including phenoxy) is 3. The van der Waals surface area contributed by atoms with E-state index in [9.17, 15) is 14.7 Å². The van der Waals surface area contributed by atoms with Crippen molar-refractivity contribution in [1.29, 1.82) is 0 Å². The van der Waals surface area contributed by atoms with Crippen molar-refractivity contribution in [3.63, 3.8) is 0 Å². The number of hydrogen-bond donors (Lipinski definition) is 1. The predicted molar refractivity (Wildman–Crippen MR) is 129 cm³/mol. The topological polar surface area (TPSA) is 82.1 Å². The van der Waals surface area contributed by atoms with E-state index in [4.69, 9.17) is 14.2 Å². The van der Waals surface area contributed by atoms with E-state index in [-0.39, 0.29) is 48.7 Å². The highest BCUT2D eigenvalue weighted by molar-refractivity contribution is 5.75. The molecular weight excluding hydrogens is 432 g/mol. The molecule has 4 aliphatic rings. The van der Waals surface area contributed by atoms with E-state index < -0.39 is 0 Å². The van der Waals surface area contributed by atoms with Crippen molar-refractivity contribution in [2.45, 2.75) is 95.9 Å². The number of allylic oxidation sites excluding steroid dienone is 2. The molecule has 0 aliphatic heterocycles. The summed E-state index contributed by atoms with van der Waals surface area (Å²) in [6.07, 6.45) is 16.6. The van der Waals surface area contributed by atoms with Crippen molar-refractivity contribution in [1.82, 2.24) is 0 Å². The zero-order valence-corrected chi connectivity index (χ0v) is 20.8. The van der Waals surface area contributed by atoms with Gasteiger partial charge >= 0.3 is 11.9 Å². The Labute approximate surface area is 204 Å². The summed E-state index contributed by atoms with van der Waals surface area (Å²) in [6.45, 7) is 2.14. The van der Waals surface area contributed by atoms with Crippen LogP contribution >= 0.6 is 0 Å².